The van der Waals surface area contributed by atoms with Gasteiger partial charge in [-0.2, -0.15) is 5.26 Å². The van der Waals surface area contributed by atoms with Crippen molar-refractivity contribution in [2.24, 2.45) is 0 Å². The van der Waals surface area contributed by atoms with Crippen molar-refractivity contribution >= 4 is 40.2 Å². The highest BCUT2D eigenvalue weighted by molar-refractivity contribution is 6.31. The maximum Gasteiger partial charge on any atom is 0.266 e. The van der Waals surface area contributed by atoms with Crippen molar-refractivity contribution < 1.29 is 4.79 Å². The average molecular weight is 441 g/mol. The zero-order chi connectivity index (χ0) is 22.8. The number of aromatic nitrogens is 2. The van der Waals surface area contributed by atoms with Crippen molar-refractivity contribution in [3.8, 4) is 11.8 Å². The lowest BCUT2D eigenvalue weighted by Gasteiger charge is -2.11. The monoisotopic (exact) mass is 440 g/mol. The minimum absolute atomic E-state index is 0.0207. The number of nitriles is 1. The molecule has 0 aliphatic carbocycles. The number of aryl methyl sites for hydroxylation is 1. The minimum atomic E-state index is -0.473. The molecule has 2 aromatic carbocycles. The highest BCUT2D eigenvalue weighted by atomic mass is 35.5. The molecule has 6 heteroatoms. The predicted octanol–water partition coefficient (Wildman–Crippen LogP) is 6.15. The van der Waals surface area contributed by atoms with Gasteiger partial charge in [0, 0.05) is 39.4 Å². The molecule has 0 radical (unpaired) electrons. The average Bonchev–Trinajstić information content (AvgIpc) is 3.07. The lowest BCUT2D eigenvalue weighted by molar-refractivity contribution is -0.112. The summed E-state index contributed by atoms with van der Waals surface area (Å²) in [5.74, 6) is -0.473. The fraction of sp³-hybridized carbons (Fsp3) is 0.115. The number of nitrogens with zero attached hydrogens (tertiary/aromatic N) is 3. The summed E-state index contributed by atoms with van der Waals surface area (Å²) in [6.45, 7) is 5.79. The van der Waals surface area contributed by atoms with Crippen LogP contribution in [-0.2, 0) is 4.79 Å². The third-order valence-corrected chi connectivity index (χ3v) is 5.91. The molecule has 1 amide bonds. The van der Waals surface area contributed by atoms with Crippen LogP contribution in [0.2, 0.25) is 5.02 Å². The van der Waals surface area contributed by atoms with Gasteiger partial charge in [0.05, 0.1) is 5.52 Å². The Hall–Kier alpha value is -3.88. The van der Waals surface area contributed by atoms with Crippen LogP contribution in [-0.4, -0.2) is 15.5 Å². The smallest absolute Gasteiger partial charge is 0.266 e. The van der Waals surface area contributed by atoms with E-state index >= 15 is 0 Å². The zero-order valence-corrected chi connectivity index (χ0v) is 18.7. The standard InChI is InChI=1S/C26H21ClN4O/c1-16-12-20(13-21(15-28)26(32)30-24-8-4-7-23(27)17(24)2)18(3)31(16)22-9-10-25-19(14-22)6-5-11-29-25/h4-14H,1-3H3,(H,30,32)/b21-13-. The van der Waals surface area contributed by atoms with E-state index in [1.54, 1.807) is 30.5 Å². The summed E-state index contributed by atoms with van der Waals surface area (Å²) in [5.41, 5.74) is 6.03. The second kappa shape index (κ2) is 8.70. The number of halogens is 1. The Morgan fingerprint density at radius 3 is 2.72 bits per heavy atom. The maximum absolute atomic E-state index is 12.8. The van der Waals surface area contributed by atoms with Crippen molar-refractivity contribution in [2.75, 3.05) is 5.32 Å². The summed E-state index contributed by atoms with van der Waals surface area (Å²) in [6.07, 6.45) is 3.40. The van der Waals surface area contributed by atoms with E-state index < -0.39 is 5.91 Å². The largest absolute Gasteiger partial charge is 0.321 e. The SMILES string of the molecule is Cc1c(Cl)cccc1NC(=O)/C(C#N)=C\c1cc(C)n(-c2ccc3ncccc3c2)c1C. The fourth-order valence-electron chi connectivity index (χ4n) is 3.77. The Kier molecular flexibility index (Phi) is 5.81. The Morgan fingerprint density at radius 1 is 1.12 bits per heavy atom. The number of nitrogens with one attached hydrogen (secondary N) is 1. The number of amides is 1. The second-order valence-corrected chi connectivity index (χ2v) is 7.99. The maximum atomic E-state index is 12.8. The molecule has 4 rings (SSSR count). The molecule has 0 aliphatic rings. The van der Waals surface area contributed by atoms with Crippen LogP contribution in [0.3, 0.4) is 0 Å². The molecule has 0 saturated heterocycles. The number of rotatable bonds is 4. The van der Waals surface area contributed by atoms with E-state index in [4.69, 9.17) is 11.6 Å². The first-order valence-electron chi connectivity index (χ1n) is 10.1. The van der Waals surface area contributed by atoms with Crippen molar-refractivity contribution in [1.82, 2.24) is 9.55 Å². The Labute approximate surface area is 191 Å². The summed E-state index contributed by atoms with van der Waals surface area (Å²) in [7, 11) is 0. The van der Waals surface area contributed by atoms with Gasteiger partial charge in [0.15, 0.2) is 0 Å². The summed E-state index contributed by atoms with van der Waals surface area (Å²) < 4.78 is 2.10. The molecular weight excluding hydrogens is 420 g/mol. The van der Waals surface area contributed by atoms with Gasteiger partial charge in [-0.1, -0.05) is 23.7 Å². The second-order valence-electron chi connectivity index (χ2n) is 7.58. The van der Waals surface area contributed by atoms with Crippen LogP contribution in [0.15, 0.2) is 66.4 Å². The Morgan fingerprint density at radius 2 is 1.94 bits per heavy atom. The van der Waals surface area contributed by atoms with Crippen molar-refractivity contribution in [3.05, 3.63) is 93.9 Å². The van der Waals surface area contributed by atoms with Crippen LogP contribution < -0.4 is 5.32 Å². The molecule has 1 N–H and O–H groups in total. The number of carbonyl (C=O) groups excluding carboxylic acids is 1. The van der Waals surface area contributed by atoms with Crippen LogP contribution in [0.5, 0.6) is 0 Å². The van der Waals surface area contributed by atoms with Crippen molar-refractivity contribution in [1.29, 1.82) is 5.26 Å². The third-order valence-electron chi connectivity index (χ3n) is 5.50. The molecule has 0 fully saturated rings. The molecule has 0 atom stereocenters. The van der Waals surface area contributed by atoms with E-state index in [1.165, 1.54) is 0 Å². The molecule has 2 heterocycles. The molecule has 0 unspecified atom stereocenters. The first kappa shape index (κ1) is 21.4. The van der Waals surface area contributed by atoms with E-state index in [0.29, 0.717) is 10.7 Å². The molecule has 0 bridgehead atoms. The number of carbonyl (C=O) groups is 1. The lowest BCUT2D eigenvalue weighted by atomic mass is 10.1. The van der Waals surface area contributed by atoms with Crippen LogP contribution in [0.25, 0.3) is 22.7 Å². The first-order valence-corrected chi connectivity index (χ1v) is 10.5. The van der Waals surface area contributed by atoms with Gasteiger partial charge in [0.2, 0.25) is 0 Å². The van der Waals surface area contributed by atoms with E-state index in [2.05, 4.69) is 20.9 Å². The third kappa shape index (κ3) is 4.01. The van der Waals surface area contributed by atoms with Gasteiger partial charge in [-0.05, 0) is 80.4 Å². The van der Waals surface area contributed by atoms with Gasteiger partial charge in [-0.3, -0.25) is 9.78 Å². The van der Waals surface area contributed by atoms with Crippen LogP contribution in [0.1, 0.15) is 22.5 Å². The van der Waals surface area contributed by atoms with Crippen molar-refractivity contribution in [2.45, 2.75) is 20.8 Å². The quantitative estimate of drug-likeness (QED) is 0.305. The molecule has 0 spiro atoms. The fourth-order valence-corrected chi connectivity index (χ4v) is 3.94. The van der Waals surface area contributed by atoms with Gasteiger partial charge >= 0.3 is 0 Å². The molecule has 0 saturated carbocycles. The molecule has 4 aromatic rings. The van der Waals surface area contributed by atoms with Gasteiger partial charge in [0.25, 0.3) is 5.91 Å². The molecule has 2 aromatic heterocycles. The Bertz CT molecular complexity index is 1430. The molecule has 0 aliphatic heterocycles. The van der Waals surface area contributed by atoms with Crippen LogP contribution in [0, 0.1) is 32.1 Å². The minimum Gasteiger partial charge on any atom is -0.321 e. The van der Waals surface area contributed by atoms with Crippen LogP contribution >= 0.6 is 11.6 Å². The van der Waals surface area contributed by atoms with Gasteiger partial charge < -0.3 is 9.88 Å². The number of hydrogen-bond acceptors (Lipinski definition) is 3. The number of hydrogen-bond donors (Lipinski definition) is 1. The molecular formula is C26H21ClN4O. The van der Waals surface area contributed by atoms with Crippen LogP contribution in [0.4, 0.5) is 5.69 Å². The molecule has 5 nitrogen and oxygen atoms in total. The molecule has 158 valence electrons. The predicted molar refractivity (Wildman–Crippen MR) is 129 cm³/mol. The summed E-state index contributed by atoms with van der Waals surface area (Å²) in [5, 5.41) is 14.0. The number of anilines is 1. The summed E-state index contributed by atoms with van der Waals surface area (Å²) >= 11 is 6.14. The first-order chi connectivity index (χ1) is 15.4. The van der Waals surface area contributed by atoms with Gasteiger partial charge in [0.1, 0.15) is 11.6 Å². The Balaban J connectivity index is 1.69. The van der Waals surface area contributed by atoms with E-state index in [1.807, 2.05) is 57.2 Å². The number of benzene rings is 2. The van der Waals surface area contributed by atoms with E-state index in [0.717, 1.165) is 39.1 Å². The number of fused-ring (bicyclic) bond motifs is 1. The normalized spacial score (nSPS) is 11.4. The lowest BCUT2D eigenvalue weighted by Crippen LogP contribution is -2.14. The number of pyridine rings is 1. The van der Waals surface area contributed by atoms with E-state index in [9.17, 15) is 10.1 Å². The van der Waals surface area contributed by atoms with Gasteiger partial charge in [-0.15, -0.1) is 0 Å². The molecule has 32 heavy (non-hydrogen) atoms. The summed E-state index contributed by atoms with van der Waals surface area (Å²) in [6, 6.07) is 19.3. The zero-order valence-electron chi connectivity index (χ0n) is 18.0. The van der Waals surface area contributed by atoms with Gasteiger partial charge in [-0.25, -0.2) is 0 Å². The highest BCUT2D eigenvalue weighted by Crippen LogP contribution is 2.26. The highest BCUT2D eigenvalue weighted by Gasteiger charge is 2.15. The topological polar surface area (TPSA) is 70.7 Å². The summed E-state index contributed by atoms with van der Waals surface area (Å²) in [4.78, 5) is 17.1. The van der Waals surface area contributed by atoms with E-state index in [-0.39, 0.29) is 5.57 Å². The van der Waals surface area contributed by atoms with Crippen molar-refractivity contribution in [3.63, 3.8) is 0 Å².